The number of ether oxygens (including phenoxy) is 2. The fourth-order valence-corrected chi connectivity index (χ4v) is 3.29. The molecular formula is C22H25NO5. The van der Waals surface area contributed by atoms with Crippen molar-refractivity contribution in [2.75, 3.05) is 6.61 Å². The summed E-state index contributed by atoms with van der Waals surface area (Å²) in [5.41, 5.74) is 1.82. The van der Waals surface area contributed by atoms with Gasteiger partial charge in [-0.05, 0) is 36.6 Å². The van der Waals surface area contributed by atoms with E-state index in [0.717, 1.165) is 11.1 Å². The Labute approximate surface area is 164 Å². The van der Waals surface area contributed by atoms with Gasteiger partial charge in [0.05, 0.1) is 12.7 Å². The molecule has 0 aliphatic carbocycles. The number of phenols is 1. The number of pyridine rings is 1. The topological polar surface area (TPSA) is 88.9 Å². The number of carboxylic acid groups (broad SMARTS) is 1. The maximum atomic E-state index is 10.6. The van der Waals surface area contributed by atoms with E-state index >= 15 is 0 Å². The molecule has 1 fully saturated rings. The minimum absolute atomic E-state index is 0.0306. The second-order valence-corrected chi connectivity index (χ2v) is 6.84. The van der Waals surface area contributed by atoms with E-state index in [1.54, 1.807) is 24.5 Å². The largest absolute Gasteiger partial charge is 0.508 e. The van der Waals surface area contributed by atoms with Crippen molar-refractivity contribution in [3.8, 4) is 5.75 Å². The lowest BCUT2D eigenvalue weighted by atomic mass is 9.91. The number of rotatable bonds is 8. The molecule has 3 rings (SSSR count). The molecule has 3 unspecified atom stereocenters. The number of hydrogen-bond acceptors (Lipinski definition) is 5. The van der Waals surface area contributed by atoms with Crippen molar-refractivity contribution >= 4 is 5.97 Å². The number of carboxylic acids is 1. The van der Waals surface area contributed by atoms with Gasteiger partial charge in [-0.2, -0.15) is 0 Å². The molecule has 6 nitrogen and oxygen atoms in total. The number of aliphatic carboxylic acids is 1. The van der Waals surface area contributed by atoms with E-state index in [9.17, 15) is 9.90 Å². The van der Waals surface area contributed by atoms with Gasteiger partial charge in [0.2, 0.25) is 0 Å². The minimum Gasteiger partial charge on any atom is -0.508 e. The van der Waals surface area contributed by atoms with Crippen molar-refractivity contribution in [2.24, 2.45) is 5.92 Å². The number of phenolic OH excluding ortho intramolecular Hbond substituents is 1. The van der Waals surface area contributed by atoms with E-state index < -0.39 is 12.3 Å². The zero-order chi connectivity index (χ0) is 19.8. The minimum atomic E-state index is -0.806. The molecule has 1 aromatic heterocycles. The van der Waals surface area contributed by atoms with Crippen molar-refractivity contribution in [1.82, 2.24) is 4.98 Å². The van der Waals surface area contributed by atoms with Gasteiger partial charge in [0.25, 0.3) is 0 Å². The number of aromatic nitrogens is 1. The maximum absolute atomic E-state index is 10.6. The molecule has 0 spiro atoms. The van der Waals surface area contributed by atoms with Crippen LogP contribution in [0.2, 0.25) is 0 Å². The summed E-state index contributed by atoms with van der Waals surface area (Å²) in [6.07, 6.45) is 8.52. The molecule has 2 N–H and O–H groups in total. The number of para-hydroxylation sites is 1. The molecule has 0 radical (unpaired) electrons. The third-order valence-corrected chi connectivity index (χ3v) is 4.75. The van der Waals surface area contributed by atoms with Gasteiger partial charge in [-0.25, -0.2) is 0 Å². The molecule has 1 aliphatic heterocycles. The van der Waals surface area contributed by atoms with Crippen LogP contribution in [0, 0.1) is 5.92 Å². The van der Waals surface area contributed by atoms with E-state index in [0.29, 0.717) is 25.9 Å². The fraction of sp³-hybridized carbons (Fsp3) is 0.364. The van der Waals surface area contributed by atoms with Crippen molar-refractivity contribution < 1.29 is 24.5 Å². The molecule has 1 aliphatic rings. The lowest BCUT2D eigenvalue weighted by Crippen LogP contribution is -2.36. The van der Waals surface area contributed by atoms with Crippen LogP contribution in [0.3, 0.4) is 0 Å². The second kappa shape index (κ2) is 10.0. The summed E-state index contributed by atoms with van der Waals surface area (Å²) in [6, 6.07) is 11.1. The van der Waals surface area contributed by atoms with E-state index in [2.05, 4.69) is 4.98 Å². The summed E-state index contributed by atoms with van der Waals surface area (Å²) in [4.78, 5) is 14.6. The zero-order valence-corrected chi connectivity index (χ0v) is 15.6. The number of carbonyl (C=O) groups is 1. The molecule has 28 heavy (non-hydrogen) atoms. The van der Waals surface area contributed by atoms with Crippen LogP contribution in [-0.4, -0.2) is 34.1 Å². The van der Waals surface area contributed by atoms with Crippen LogP contribution in [-0.2, 0) is 20.7 Å². The predicted octanol–water partition coefficient (Wildman–Crippen LogP) is 3.87. The standard InChI is InChI=1S/C22H25NO5/c24-19-8-5-4-7-18(19)22-17(6-2-1-3-9-20(25)26)15-27-21(28-22)14-16-10-12-23-13-11-16/h1-2,4-5,7-8,10-13,17,21-22,24H,3,6,9,14-15H2,(H,25,26)/b2-1-. The third kappa shape index (κ3) is 5.65. The molecule has 1 aromatic carbocycles. The Morgan fingerprint density at radius 1 is 1.18 bits per heavy atom. The van der Waals surface area contributed by atoms with E-state index in [1.165, 1.54) is 0 Å². The molecule has 0 saturated carbocycles. The first-order valence-electron chi connectivity index (χ1n) is 9.44. The Morgan fingerprint density at radius 3 is 2.71 bits per heavy atom. The summed E-state index contributed by atoms with van der Waals surface area (Å²) in [5.74, 6) is -0.569. The van der Waals surface area contributed by atoms with Crippen LogP contribution >= 0.6 is 0 Å². The molecule has 148 valence electrons. The number of hydrogen-bond donors (Lipinski definition) is 2. The highest BCUT2D eigenvalue weighted by atomic mass is 16.7. The summed E-state index contributed by atoms with van der Waals surface area (Å²) in [5, 5.41) is 19.0. The Balaban J connectivity index is 1.69. The monoisotopic (exact) mass is 383 g/mol. The van der Waals surface area contributed by atoms with Gasteiger partial charge >= 0.3 is 5.97 Å². The normalized spacial score (nSPS) is 22.4. The van der Waals surface area contributed by atoms with Crippen LogP contribution in [0.1, 0.15) is 36.5 Å². The Morgan fingerprint density at radius 2 is 1.96 bits per heavy atom. The number of benzene rings is 1. The van der Waals surface area contributed by atoms with Crippen LogP contribution in [0.5, 0.6) is 5.75 Å². The number of aromatic hydroxyl groups is 1. The zero-order valence-electron chi connectivity index (χ0n) is 15.6. The first kappa shape index (κ1) is 20.0. The summed E-state index contributed by atoms with van der Waals surface area (Å²) in [7, 11) is 0. The Hall–Kier alpha value is -2.70. The Bertz CT molecular complexity index is 793. The van der Waals surface area contributed by atoms with Crippen molar-refractivity contribution in [2.45, 2.75) is 38.1 Å². The Kier molecular flexibility index (Phi) is 7.17. The molecule has 2 heterocycles. The average Bonchev–Trinajstić information content (AvgIpc) is 2.69. The van der Waals surface area contributed by atoms with Gasteiger partial charge in [-0.1, -0.05) is 30.4 Å². The average molecular weight is 383 g/mol. The summed E-state index contributed by atoms with van der Waals surface area (Å²) >= 11 is 0. The van der Waals surface area contributed by atoms with Crippen LogP contribution in [0.15, 0.2) is 60.9 Å². The first-order chi connectivity index (χ1) is 13.6. The predicted molar refractivity (Wildman–Crippen MR) is 104 cm³/mol. The molecule has 0 amide bonds. The van der Waals surface area contributed by atoms with Gasteiger partial charge in [-0.15, -0.1) is 0 Å². The van der Waals surface area contributed by atoms with E-state index in [-0.39, 0.29) is 24.2 Å². The van der Waals surface area contributed by atoms with E-state index in [4.69, 9.17) is 14.6 Å². The highest BCUT2D eigenvalue weighted by molar-refractivity contribution is 5.66. The lowest BCUT2D eigenvalue weighted by Gasteiger charge is -2.37. The third-order valence-electron chi connectivity index (χ3n) is 4.75. The number of allylic oxidation sites excluding steroid dienone is 2. The van der Waals surface area contributed by atoms with Crippen LogP contribution in [0.25, 0.3) is 0 Å². The maximum Gasteiger partial charge on any atom is 0.303 e. The molecule has 3 atom stereocenters. The van der Waals surface area contributed by atoms with Crippen molar-refractivity contribution in [3.63, 3.8) is 0 Å². The van der Waals surface area contributed by atoms with Crippen LogP contribution in [0.4, 0.5) is 0 Å². The lowest BCUT2D eigenvalue weighted by molar-refractivity contribution is -0.238. The molecule has 0 bridgehead atoms. The van der Waals surface area contributed by atoms with Gasteiger partial charge in [0.15, 0.2) is 6.29 Å². The highest BCUT2D eigenvalue weighted by Crippen LogP contribution is 2.39. The SMILES string of the molecule is O=C(O)CC/C=C\CC1COC(Cc2ccncc2)OC1c1ccccc1O. The van der Waals surface area contributed by atoms with Crippen LogP contribution < -0.4 is 0 Å². The van der Waals surface area contributed by atoms with Crippen molar-refractivity contribution in [3.05, 3.63) is 72.1 Å². The van der Waals surface area contributed by atoms with Gasteiger partial charge < -0.3 is 19.7 Å². The summed E-state index contributed by atoms with van der Waals surface area (Å²) in [6.45, 7) is 0.498. The smallest absolute Gasteiger partial charge is 0.303 e. The summed E-state index contributed by atoms with van der Waals surface area (Å²) < 4.78 is 12.2. The quantitative estimate of drug-likeness (QED) is 0.673. The molecular weight excluding hydrogens is 358 g/mol. The van der Waals surface area contributed by atoms with Gasteiger partial charge in [0.1, 0.15) is 5.75 Å². The van der Waals surface area contributed by atoms with Crippen molar-refractivity contribution in [1.29, 1.82) is 0 Å². The molecule has 1 saturated heterocycles. The molecule has 2 aromatic rings. The van der Waals surface area contributed by atoms with E-state index in [1.807, 2.05) is 36.4 Å². The highest BCUT2D eigenvalue weighted by Gasteiger charge is 2.33. The first-order valence-corrected chi connectivity index (χ1v) is 9.44. The molecule has 6 heteroatoms. The number of nitrogens with zero attached hydrogens (tertiary/aromatic N) is 1. The van der Waals surface area contributed by atoms with Gasteiger partial charge in [-0.3, -0.25) is 9.78 Å². The second-order valence-electron chi connectivity index (χ2n) is 6.84. The van der Waals surface area contributed by atoms with Gasteiger partial charge in [0, 0.05) is 36.7 Å². The fourth-order valence-electron chi connectivity index (χ4n) is 3.29.